The van der Waals surface area contributed by atoms with Gasteiger partial charge in [0.25, 0.3) is 11.2 Å². The lowest BCUT2D eigenvalue weighted by Gasteiger charge is -2.10. The lowest BCUT2D eigenvalue weighted by molar-refractivity contribution is -0.383. The van der Waals surface area contributed by atoms with Crippen LogP contribution in [0.15, 0.2) is 55.8 Å². The molecule has 13 heteroatoms. The van der Waals surface area contributed by atoms with Gasteiger partial charge >= 0.3 is 11.4 Å². The Hall–Kier alpha value is -4.45. The highest BCUT2D eigenvalue weighted by molar-refractivity contribution is 6.32. The number of aromatic hydroxyl groups is 1. The highest BCUT2D eigenvalue weighted by Gasteiger charge is 2.21. The number of nitrogens with zero attached hydrogens (tertiary/aromatic N) is 5. The summed E-state index contributed by atoms with van der Waals surface area (Å²) in [5.74, 6) is -0.748. The Kier molecular flexibility index (Phi) is 6.14. The molecule has 0 unspecified atom stereocenters. The number of rotatable bonds is 6. The summed E-state index contributed by atoms with van der Waals surface area (Å²) in [6.45, 7) is 4.16. The zero-order chi connectivity index (χ0) is 25.4. The summed E-state index contributed by atoms with van der Waals surface area (Å²) < 4.78 is 3.65. The molecule has 0 saturated carbocycles. The molecule has 2 aromatic heterocycles. The van der Waals surface area contributed by atoms with Gasteiger partial charge in [-0.3, -0.25) is 29.0 Å². The molecule has 0 aliphatic carbocycles. The molecule has 35 heavy (non-hydrogen) atoms. The largest absolute Gasteiger partial charge is 0.493 e. The maximum atomic E-state index is 12.6. The summed E-state index contributed by atoms with van der Waals surface area (Å²) in [5, 5.41) is 22.6. The molecular weight excluding hydrogens is 480 g/mol. The average Bonchev–Trinajstić information content (AvgIpc) is 3.08. The lowest BCUT2D eigenvalue weighted by atomic mass is 10.2. The zero-order valence-corrected chi connectivity index (χ0v) is 19.3. The predicted octanol–water partition coefficient (Wildman–Crippen LogP) is 2.70. The summed E-state index contributed by atoms with van der Waals surface area (Å²) in [4.78, 5) is 54.7. The highest BCUT2D eigenvalue weighted by atomic mass is 35.5. The van der Waals surface area contributed by atoms with Gasteiger partial charge in [-0.05, 0) is 32.0 Å². The predicted molar refractivity (Wildman–Crippen MR) is 131 cm³/mol. The van der Waals surface area contributed by atoms with Crippen LogP contribution in [0.3, 0.4) is 0 Å². The molecule has 0 spiro atoms. The van der Waals surface area contributed by atoms with Crippen LogP contribution in [-0.4, -0.2) is 34.9 Å². The third-order valence-electron chi connectivity index (χ3n) is 5.49. The third-order valence-corrected chi connectivity index (χ3v) is 5.81. The van der Waals surface area contributed by atoms with Crippen molar-refractivity contribution in [1.82, 2.24) is 18.7 Å². The van der Waals surface area contributed by atoms with Crippen LogP contribution >= 0.6 is 11.6 Å². The molecule has 0 aliphatic heterocycles. The van der Waals surface area contributed by atoms with Gasteiger partial charge in [-0.2, -0.15) is 0 Å². The number of nitrogens with one attached hydrogen (secondary N) is 1. The normalized spacial score (nSPS) is 11.5. The molecule has 180 valence electrons. The van der Waals surface area contributed by atoms with Crippen LogP contribution in [0, 0.1) is 10.1 Å². The van der Waals surface area contributed by atoms with Crippen molar-refractivity contribution in [2.45, 2.75) is 26.9 Å². The average molecular weight is 499 g/mol. The van der Waals surface area contributed by atoms with Crippen LogP contribution in [0.25, 0.3) is 16.7 Å². The standard InChI is InChI=1S/C22H19ClN6O6/c1-3-26-17-9-14(16(29(34)35)10-18(17)27(4-2)22(26)33)24-11-12-19(30)25-21(32)28(20(12)31)15-8-6-5-7-13(15)23/h5-11,31H,3-4H2,1-2H3,(H,25,30,32). The quantitative estimate of drug-likeness (QED) is 0.236. The molecule has 0 radical (unpaired) electrons. The Labute approximate surface area is 201 Å². The molecule has 4 aromatic rings. The Morgan fingerprint density at radius 2 is 1.74 bits per heavy atom. The first kappa shape index (κ1) is 23.7. The van der Waals surface area contributed by atoms with E-state index in [1.807, 2.05) is 0 Å². The second kappa shape index (κ2) is 9.06. The fraction of sp³-hybridized carbons (Fsp3) is 0.182. The van der Waals surface area contributed by atoms with E-state index in [0.29, 0.717) is 24.1 Å². The minimum Gasteiger partial charge on any atom is -0.493 e. The monoisotopic (exact) mass is 498 g/mol. The minimum atomic E-state index is -0.953. The van der Waals surface area contributed by atoms with Crippen molar-refractivity contribution < 1.29 is 10.0 Å². The first-order chi connectivity index (χ1) is 16.7. The zero-order valence-electron chi connectivity index (χ0n) is 18.6. The first-order valence-electron chi connectivity index (χ1n) is 10.5. The Balaban J connectivity index is 1.94. The molecule has 12 nitrogen and oxygen atoms in total. The molecule has 2 N–H and O–H groups in total. The fourth-order valence-corrected chi connectivity index (χ4v) is 4.07. The van der Waals surface area contributed by atoms with E-state index in [1.54, 1.807) is 26.0 Å². The molecule has 0 aliphatic rings. The van der Waals surface area contributed by atoms with Crippen molar-refractivity contribution >= 4 is 40.2 Å². The number of nitro benzene ring substituents is 1. The maximum absolute atomic E-state index is 12.6. The van der Waals surface area contributed by atoms with E-state index in [-0.39, 0.29) is 22.1 Å². The van der Waals surface area contributed by atoms with E-state index in [4.69, 9.17) is 11.6 Å². The van der Waals surface area contributed by atoms with Crippen LogP contribution in [-0.2, 0) is 13.1 Å². The molecule has 0 amide bonds. The molecule has 4 rings (SSSR count). The molecule has 0 atom stereocenters. The van der Waals surface area contributed by atoms with Gasteiger partial charge in [-0.15, -0.1) is 0 Å². The second-order valence-electron chi connectivity index (χ2n) is 7.40. The minimum absolute atomic E-state index is 0.114. The number of hydrogen-bond donors (Lipinski definition) is 2. The number of halogens is 1. The third kappa shape index (κ3) is 3.93. The molecule has 0 saturated heterocycles. The SMILES string of the molecule is CCn1c(=O)n(CC)c2cc([N+](=O)[O-])c(N=Cc3c(O)n(-c4ccccc4Cl)c(=O)[nH]c3=O)cc21. The van der Waals surface area contributed by atoms with Crippen molar-refractivity contribution in [3.05, 3.63) is 88.4 Å². The topological polar surface area (TPSA) is 158 Å². The van der Waals surface area contributed by atoms with Gasteiger partial charge in [-0.25, -0.2) is 19.1 Å². The van der Waals surface area contributed by atoms with E-state index in [1.165, 1.54) is 33.4 Å². The van der Waals surface area contributed by atoms with Gasteiger partial charge < -0.3 is 5.11 Å². The van der Waals surface area contributed by atoms with Crippen molar-refractivity contribution in [1.29, 1.82) is 0 Å². The van der Waals surface area contributed by atoms with Gasteiger partial charge in [0.15, 0.2) is 0 Å². The second-order valence-corrected chi connectivity index (χ2v) is 7.81. The van der Waals surface area contributed by atoms with Gasteiger partial charge in [0.05, 0.1) is 26.7 Å². The molecular formula is C22H19ClN6O6. The smallest absolute Gasteiger partial charge is 0.335 e. The molecule has 2 aromatic carbocycles. The van der Waals surface area contributed by atoms with Crippen LogP contribution < -0.4 is 16.9 Å². The van der Waals surface area contributed by atoms with E-state index in [0.717, 1.165) is 10.8 Å². The van der Waals surface area contributed by atoms with Crippen molar-refractivity contribution in [2.24, 2.45) is 4.99 Å². The van der Waals surface area contributed by atoms with E-state index in [2.05, 4.69) is 9.98 Å². The molecule has 0 fully saturated rings. The number of hydrogen-bond acceptors (Lipinski definition) is 7. The number of fused-ring (bicyclic) bond motifs is 1. The van der Waals surface area contributed by atoms with Crippen LogP contribution in [0.4, 0.5) is 11.4 Å². The summed E-state index contributed by atoms with van der Waals surface area (Å²) >= 11 is 6.13. The number of aromatic nitrogens is 4. The summed E-state index contributed by atoms with van der Waals surface area (Å²) in [6.07, 6.45) is 0.917. The van der Waals surface area contributed by atoms with Gasteiger partial charge in [-0.1, -0.05) is 23.7 Å². The Morgan fingerprint density at radius 1 is 1.11 bits per heavy atom. The molecule has 0 bridgehead atoms. The van der Waals surface area contributed by atoms with Crippen LogP contribution in [0.5, 0.6) is 5.88 Å². The van der Waals surface area contributed by atoms with Crippen molar-refractivity contribution in [3.63, 3.8) is 0 Å². The maximum Gasteiger partial charge on any atom is 0.335 e. The summed E-state index contributed by atoms with van der Waals surface area (Å²) in [5.41, 5.74) is -2.26. The number of aromatic amines is 1. The number of imidazole rings is 1. The van der Waals surface area contributed by atoms with E-state index in [9.17, 15) is 29.6 Å². The van der Waals surface area contributed by atoms with Gasteiger partial charge in [0, 0.05) is 25.4 Å². The highest BCUT2D eigenvalue weighted by Crippen LogP contribution is 2.32. The van der Waals surface area contributed by atoms with Gasteiger partial charge in [0.2, 0.25) is 5.88 Å². The summed E-state index contributed by atoms with van der Waals surface area (Å²) in [7, 11) is 0. The first-order valence-corrected chi connectivity index (χ1v) is 10.9. The van der Waals surface area contributed by atoms with Crippen LogP contribution in [0.1, 0.15) is 19.4 Å². The lowest BCUT2D eigenvalue weighted by Crippen LogP contribution is -2.31. The van der Waals surface area contributed by atoms with E-state index >= 15 is 0 Å². The van der Waals surface area contributed by atoms with E-state index < -0.39 is 33.3 Å². The number of H-pyrrole nitrogens is 1. The fourth-order valence-electron chi connectivity index (χ4n) is 3.85. The number of nitro groups is 1. The Morgan fingerprint density at radius 3 is 2.34 bits per heavy atom. The number of para-hydroxylation sites is 1. The van der Waals surface area contributed by atoms with Crippen molar-refractivity contribution in [3.8, 4) is 11.6 Å². The van der Waals surface area contributed by atoms with Crippen molar-refractivity contribution in [2.75, 3.05) is 0 Å². The van der Waals surface area contributed by atoms with Crippen LogP contribution in [0.2, 0.25) is 5.02 Å². The number of benzene rings is 2. The Bertz CT molecular complexity index is 1690. The van der Waals surface area contributed by atoms with Gasteiger partial charge in [0.1, 0.15) is 11.3 Å². The molecule has 2 heterocycles. The summed E-state index contributed by atoms with van der Waals surface area (Å²) in [6, 6.07) is 8.78. The number of aryl methyl sites for hydroxylation is 2. The number of aliphatic imine (C=N–C) groups is 1.